The monoisotopic (exact) mass is 283 g/mol. The molecule has 110 valence electrons. The van der Waals surface area contributed by atoms with Crippen LogP contribution in [0.15, 0.2) is 12.3 Å². The third-order valence-electron chi connectivity index (χ3n) is 2.76. The molecule has 1 heterocycles. The number of nitrogens with one attached hydrogen (secondary N) is 1. The summed E-state index contributed by atoms with van der Waals surface area (Å²) in [6.07, 6.45) is 2.22. The molecule has 0 bridgehead atoms. The van der Waals surface area contributed by atoms with E-state index >= 15 is 0 Å². The molecule has 0 aliphatic rings. The fraction of sp³-hybridized carbons (Fsp3) is 0.500. The second-order valence-electron chi connectivity index (χ2n) is 4.25. The Kier molecular flexibility index (Phi) is 5.85. The molecule has 8 heteroatoms. The molecule has 0 aliphatic heterocycles. The van der Waals surface area contributed by atoms with Crippen molar-refractivity contribution in [3.63, 3.8) is 0 Å². The van der Waals surface area contributed by atoms with E-state index in [1.165, 1.54) is 19.4 Å². The van der Waals surface area contributed by atoms with Crippen molar-refractivity contribution in [2.45, 2.75) is 25.8 Å². The number of aromatic nitrogens is 1. The van der Waals surface area contributed by atoms with Gasteiger partial charge in [0.25, 0.3) is 0 Å². The first-order valence-corrected chi connectivity index (χ1v) is 6.05. The minimum atomic E-state index is -1.08. The number of nitro groups is 1. The first-order chi connectivity index (χ1) is 9.47. The van der Waals surface area contributed by atoms with Crippen LogP contribution in [0.2, 0.25) is 0 Å². The molecule has 20 heavy (non-hydrogen) atoms. The highest BCUT2D eigenvalue weighted by molar-refractivity contribution is 5.78. The highest BCUT2D eigenvalue weighted by Gasteiger charge is 2.24. The van der Waals surface area contributed by atoms with Gasteiger partial charge < -0.3 is 15.2 Å². The van der Waals surface area contributed by atoms with Gasteiger partial charge in [-0.3, -0.25) is 10.1 Å². The Hall–Kier alpha value is -2.22. The van der Waals surface area contributed by atoms with E-state index in [1.807, 2.05) is 0 Å². The lowest BCUT2D eigenvalue weighted by atomic mass is 10.1. The topological polar surface area (TPSA) is 115 Å². The van der Waals surface area contributed by atoms with Crippen molar-refractivity contribution in [2.75, 3.05) is 19.0 Å². The molecular formula is C12H17N3O5. The van der Waals surface area contributed by atoms with Crippen LogP contribution in [0.5, 0.6) is 0 Å². The van der Waals surface area contributed by atoms with E-state index < -0.39 is 16.9 Å². The molecule has 8 nitrogen and oxygen atoms in total. The molecule has 1 aromatic heterocycles. The van der Waals surface area contributed by atoms with Gasteiger partial charge in [0.2, 0.25) is 5.82 Å². The van der Waals surface area contributed by atoms with Gasteiger partial charge in [-0.2, -0.15) is 0 Å². The van der Waals surface area contributed by atoms with Crippen LogP contribution >= 0.6 is 0 Å². The number of anilines is 1. The molecule has 0 saturated heterocycles. The molecule has 0 aromatic carbocycles. The fourth-order valence-electron chi connectivity index (χ4n) is 1.74. The van der Waals surface area contributed by atoms with Gasteiger partial charge in [0.05, 0.1) is 4.92 Å². The van der Waals surface area contributed by atoms with Crippen LogP contribution < -0.4 is 5.32 Å². The van der Waals surface area contributed by atoms with Crippen LogP contribution in [0.4, 0.5) is 11.5 Å². The first-order valence-electron chi connectivity index (χ1n) is 6.05. The number of ether oxygens (including phenoxy) is 1. The van der Waals surface area contributed by atoms with E-state index in [-0.39, 0.29) is 17.9 Å². The van der Waals surface area contributed by atoms with Crippen molar-refractivity contribution in [1.82, 2.24) is 4.98 Å². The van der Waals surface area contributed by atoms with Crippen molar-refractivity contribution in [3.8, 4) is 0 Å². The summed E-state index contributed by atoms with van der Waals surface area (Å²) in [5.41, 5.74) is 0.221. The number of carboxylic acids is 1. The summed E-state index contributed by atoms with van der Waals surface area (Å²) in [6, 6.07) is 0.558. The van der Waals surface area contributed by atoms with Crippen LogP contribution in [0.25, 0.3) is 0 Å². The molecule has 0 fully saturated rings. The molecule has 0 radical (unpaired) electrons. The van der Waals surface area contributed by atoms with Crippen molar-refractivity contribution in [2.24, 2.45) is 0 Å². The number of rotatable bonds is 8. The molecule has 1 rings (SSSR count). The third kappa shape index (κ3) is 4.16. The molecule has 2 N–H and O–H groups in total. The summed E-state index contributed by atoms with van der Waals surface area (Å²) in [4.78, 5) is 25.5. The summed E-state index contributed by atoms with van der Waals surface area (Å²) in [7, 11) is 1.52. The average Bonchev–Trinajstić information content (AvgIpc) is 2.37. The summed E-state index contributed by atoms with van der Waals surface area (Å²) in [5.74, 6) is -1.11. The summed E-state index contributed by atoms with van der Waals surface area (Å²) >= 11 is 0. The zero-order chi connectivity index (χ0) is 15.1. The number of nitrogens with zero attached hydrogens (tertiary/aromatic N) is 2. The van der Waals surface area contributed by atoms with Gasteiger partial charge in [-0.1, -0.05) is 0 Å². The Morgan fingerprint density at radius 1 is 1.65 bits per heavy atom. The van der Waals surface area contributed by atoms with Crippen LogP contribution in [0.1, 0.15) is 18.4 Å². The second-order valence-corrected chi connectivity index (χ2v) is 4.25. The first kappa shape index (κ1) is 15.8. The van der Waals surface area contributed by atoms with E-state index in [9.17, 15) is 14.9 Å². The van der Waals surface area contributed by atoms with Crippen molar-refractivity contribution < 1.29 is 19.6 Å². The highest BCUT2D eigenvalue weighted by atomic mass is 16.6. The molecule has 0 amide bonds. The molecule has 0 aliphatic carbocycles. The molecule has 1 atom stereocenters. The van der Waals surface area contributed by atoms with Gasteiger partial charge in [-0.05, 0) is 25.8 Å². The number of carboxylic acid groups (broad SMARTS) is 1. The number of hydrogen-bond donors (Lipinski definition) is 2. The average molecular weight is 283 g/mol. The Morgan fingerprint density at radius 3 is 2.90 bits per heavy atom. The number of methoxy groups -OCH3 is 1. The van der Waals surface area contributed by atoms with E-state index in [1.54, 1.807) is 6.92 Å². The largest absolute Gasteiger partial charge is 0.480 e. The van der Waals surface area contributed by atoms with Crippen molar-refractivity contribution >= 4 is 17.5 Å². The zero-order valence-corrected chi connectivity index (χ0v) is 11.3. The van der Waals surface area contributed by atoms with Crippen LogP contribution in [0, 0.1) is 17.0 Å². The van der Waals surface area contributed by atoms with Crippen molar-refractivity contribution in [1.29, 1.82) is 0 Å². The normalized spacial score (nSPS) is 11.9. The minimum Gasteiger partial charge on any atom is -0.480 e. The van der Waals surface area contributed by atoms with Gasteiger partial charge in [0.1, 0.15) is 6.04 Å². The van der Waals surface area contributed by atoms with E-state index in [4.69, 9.17) is 9.84 Å². The Balaban J connectivity index is 2.91. The number of aryl methyl sites for hydroxylation is 1. The predicted octanol–water partition coefficient (Wildman–Crippen LogP) is 1.59. The van der Waals surface area contributed by atoms with Crippen LogP contribution in [-0.4, -0.2) is 40.7 Å². The molecule has 0 saturated carbocycles. The lowest BCUT2D eigenvalue weighted by molar-refractivity contribution is -0.384. The molecule has 1 unspecified atom stereocenters. The standard InChI is InChI=1S/C12H17N3O5/c1-8-5-6-13-11(10(8)15(18)19)14-9(12(16)17)4-3-7-20-2/h5-6,9H,3-4,7H2,1-2H3,(H,13,14)(H,16,17). The SMILES string of the molecule is COCCCC(Nc1nccc(C)c1[N+](=O)[O-])C(=O)O. The van der Waals surface area contributed by atoms with Crippen LogP contribution in [-0.2, 0) is 9.53 Å². The maximum Gasteiger partial charge on any atom is 0.326 e. The highest BCUT2D eigenvalue weighted by Crippen LogP contribution is 2.26. The summed E-state index contributed by atoms with van der Waals surface area (Å²) in [6.45, 7) is 2.00. The van der Waals surface area contributed by atoms with E-state index in [2.05, 4.69) is 10.3 Å². The summed E-state index contributed by atoms with van der Waals surface area (Å²) < 4.78 is 4.86. The molecule has 0 spiro atoms. The molecular weight excluding hydrogens is 266 g/mol. The third-order valence-corrected chi connectivity index (χ3v) is 2.76. The maximum absolute atomic E-state index is 11.2. The number of pyridine rings is 1. The Labute approximate surface area is 115 Å². The number of carbonyl (C=O) groups is 1. The number of hydrogen-bond acceptors (Lipinski definition) is 6. The summed E-state index contributed by atoms with van der Waals surface area (Å²) in [5, 5.41) is 22.8. The smallest absolute Gasteiger partial charge is 0.326 e. The van der Waals surface area contributed by atoms with Gasteiger partial charge in [-0.25, -0.2) is 9.78 Å². The lowest BCUT2D eigenvalue weighted by Crippen LogP contribution is -2.30. The van der Waals surface area contributed by atoms with Gasteiger partial charge in [-0.15, -0.1) is 0 Å². The van der Waals surface area contributed by atoms with Gasteiger partial charge >= 0.3 is 11.7 Å². The van der Waals surface area contributed by atoms with E-state index in [0.717, 1.165) is 0 Å². The van der Waals surface area contributed by atoms with Crippen LogP contribution in [0.3, 0.4) is 0 Å². The van der Waals surface area contributed by atoms with Gasteiger partial charge in [0.15, 0.2) is 0 Å². The zero-order valence-electron chi connectivity index (χ0n) is 11.3. The predicted molar refractivity (Wildman–Crippen MR) is 71.8 cm³/mol. The second kappa shape index (κ2) is 7.39. The van der Waals surface area contributed by atoms with Gasteiger partial charge in [0, 0.05) is 25.5 Å². The number of aliphatic carboxylic acids is 1. The van der Waals surface area contributed by atoms with Crippen molar-refractivity contribution in [3.05, 3.63) is 27.9 Å². The Bertz CT molecular complexity index is 492. The lowest BCUT2D eigenvalue weighted by Gasteiger charge is -2.15. The minimum absolute atomic E-state index is 0.0279. The molecule has 1 aromatic rings. The fourth-order valence-corrected chi connectivity index (χ4v) is 1.74. The van der Waals surface area contributed by atoms with E-state index in [0.29, 0.717) is 18.6 Å². The maximum atomic E-state index is 11.2. The quantitative estimate of drug-likeness (QED) is 0.423. The Morgan fingerprint density at radius 2 is 2.35 bits per heavy atom.